The smallest absolute Gasteiger partial charge is 0.126 e. The highest BCUT2D eigenvalue weighted by molar-refractivity contribution is 6.36. The molecule has 0 aliphatic rings. The number of anilines is 1. The molecule has 19 heavy (non-hydrogen) atoms. The van der Waals surface area contributed by atoms with Crippen LogP contribution in [0.25, 0.3) is 10.9 Å². The topological polar surface area (TPSA) is 24.9 Å². The monoisotopic (exact) mass is 280 g/mol. The van der Waals surface area contributed by atoms with Crippen molar-refractivity contribution in [2.24, 2.45) is 0 Å². The first-order valence-corrected chi connectivity index (χ1v) is 6.94. The molecule has 0 saturated heterocycles. The Bertz CT molecular complexity index is 596. The van der Waals surface area contributed by atoms with Crippen LogP contribution < -0.4 is 5.32 Å². The number of fused-ring (bicyclic) bond motifs is 1. The van der Waals surface area contributed by atoms with E-state index in [1.807, 2.05) is 6.07 Å². The summed E-state index contributed by atoms with van der Waals surface area (Å²) in [4.78, 5) is 4.50. The largest absolute Gasteiger partial charge is 0.384 e. The summed E-state index contributed by atoms with van der Waals surface area (Å²) in [6, 6.07) is 4.77. The van der Waals surface area contributed by atoms with Crippen molar-refractivity contribution in [1.29, 1.82) is 0 Å². The second-order valence-electron chi connectivity index (χ2n) is 4.96. The van der Waals surface area contributed by atoms with Gasteiger partial charge in [0.05, 0.1) is 10.5 Å². The second-order valence-corrected chi connectivity index (χ2v) is 5.37. The van der Waals surface area contributed by atoms with Crippen LogP contribution in [0.15, 0.2) is 18.2 Å². The van der Waals surface area contributed by atoms with Gasteiger partial charge in [0, 0.05) is 29.4 Å². The minimum absolute atomic E-state index is 0.286. The average Bonchev–Trinajstić information content (AvgIpc) is 2.34. The lowest BCUT2D eigenvalue weighted by atomic mass is 10.1. The fourth-order valence-electron chi connectivity index (χ4n) is 2.00. The molecule has 1 heterocycles. The molecule has 0 saturated carbocycles. The Morgan fingerprint density at radius 1 is 1.32 bits per heavy atom. The fourth-order valence-corrected chi connectivity index (χ4v) is 2.30. The zero-order chi connectivity index (χ0) is 14.0. The minimum Gasteiger partial charge on any atom is -0.384 e. The van der Waals surface area contributed by atoms with Crippen LogP contribution >= 0.6 is 11.6 Å². The van der Waals surface area contributed by atoms with Crippen LogP contribution in [0.4, 0.5) is 10.1 Å². The van der Waals surface area contributed by atoms with Crippen molar-refractivity contribution in [3.63, 3.8) is 0 Å². The van der Waals surface area contributed by atoms with Crippen LogP contribution in [0.1, 0.15) is 38.8 Å². The molecule has 1 aromatic carbocycles. The molecule has 1 aromatic heterocycles. The van der Waals surface area contributed by atoms with Gasteiger partial charge in [-0.1, -0.05) is 32.4 Å². The second kappa shape index (κ2) is 5.74. The highest BCUT2D eigenvalue weighted by Crippen LogP contribution is 2.32. The van der Waals surface area contributed by atoms with Gasteiger partial charge in [-0.2, -0.15) is 0 Å². The van der Waals surface area contributed by atoms with Crippen LogP contribution in [-0.2, 0) is 0 Å². The molecule has 0 unspecified atom stereocenters. The molecular weight excluding hydrogens is 263 g/mol. The van der Waals surface area contributed by atoms with Crippen molar-refractivity contribution < 1.29 is 4.39 Å². The van der Waals surface area contributed by atoms with Crippen molar-refractivity contribution in [1.82, 2.24) is 4.98 Å². The number of rotatable bonds is 4. The number of hydrogen-bond acceptors (Lipinski definition) is 2. The molecule has 0 spiro atoms. The average molecular weight is 281 g/mol. The summed E-state index contributed by atoms with van der Waals surface area (Å²) in [5.74, 6) is -0.0685. The van der Waals surface area contributed by atoms with E-state index >= 15 is 0 Å². The standard InChI is InChI=1S/C15H18ClFN2/c1-4-5-18-13-8-12(9(2)3)19-14-7-10(17)6-11(16)15(13)14/h6-9H,4-5H2,1-3H3,(H,18,19). The van der Waals surface area contributed by atoms with Gasteiger partial charge in [-0.25, -0.2) is 4.39 Å². The number of nitrogens with zero attached hydrogens (tertiary/aromatic N) is 1. The van der Waals surface area contributed by atoms with E-state index in [1.165, 1.54) is 12.1 Å². The molecule has 0 amide bonds. The summed E-state index contributed by atoms with van der Waals surface area (Å²) in [5, 5.41) is 4.54. The van der Waals surface area contributed by atoms with Crippen molar-refractivity contribution in [2.45, 2.75) is 33.1 Å². The number of aromatic nitrogens is 1. The molecule has 0 aliphatic carbocycles. The van der Waals surface area contributed by atoms with Gasteiger partial charge in [-0.05, 0) is 24.5 Å². The van der Waals surface area contributed by atoms with Crippen LogP contribution in [-0.4, -0.2) is 11.5 Å². The maximum atomic E-state index is 13.5. The van der Waals surface area contributed by atoms with Gasteiger partial charge in [0.2, 0.25) is 0 Å². The summed E-state index contributed by atoms with van der Waals surface area (Å²) < 4.78 is 13.5. The van der Waals surface area contributed by atoms with Gasteiger partial charge in [0.25, 0.3) is 0 Å². The van der Waals surface area contributed by atoms with Crippen LogP contribution in [0, 0.1) is 5.82 Å². The molecule has 0 bridgehead atoms. The summed E-state index contributed by atoms with van der Waals surface area (Å²) in [6.07, 6.45) is 1.01. The molecule has 2 rings (SSSR count). The molecule has 1 N–H and O–H groups in total. The lowest BCUT2D eigenvalue weighted by Crippen LogP contribution is -2.04. The number of nitrogens with one attached hydrogen (secondary N) is 1. The molecule has 102 valence electrons. The number of pyridine rings is 1. The first-order chi connectivity index (χ1) is 9.02. The molecular formula is C15H18ClFN2. The van der Waals surface area contributed by atoms with Crippen molar-refractivity contribution >= 4 is 28.2 Å². The van der Waals surface area contributed by atoms with E-state index in [2.05, 4.69) is 31.1 Å². The molecule has 2 aromatic rings. The Kier molecular flexibility index (Phi) is 4.25. The molecule has 0 atom stereocenters. The Morgan fingerprint density at radius 2 is 2.05 bits per heavy atom. The maximum Gasteiger partial charge on any atom is 0.126 e. The van der Waals surface area contributed by atoms with Gasteiger partial charge in [0.15, 0.2) is 0 Å². The van der Waals surface area contributed by atoms with Crippen LogP contribution in [0.3, 0.4) is 0 Å². The molecule has 4 heteroatoms. The number of hydrogen-bond donors (Lipinski definition) is 1. The first kappa shape index (κ1) is 14.1. The van der Waals surface area contributed by atoms with E-state index in [0.717, 1.165) is 29.7 Å². The zero-order valence-electron chi connectivity index (χ0n) is 11.4. The van der Waals surface area contributed by atoms with Crippen LogP contribution in [0.5, 0.6) is 0 Å². The number of halogens is 2. The van der Waals surface area contributed by atoms with Gasteiger partial charge in [-0.15, -0.1) is 0 Å². The van der Waals surface area contributed by atoms with Gasteiger partial charge >= 0.3 is 0 Å². The molecule has 2 nitrogen and oxygen atoms in total. The van der Waals surface area contributed by atoms with E-state index in [-0.39, 0.29) is 11.7 Å². The predicted molar refractivity (Wildman–Crippen MR) is 79.6 cm³/mol. The minimum atomic E-state index is -0.354. The van der Waals surface area contributed by atoms with Crippen molar-refractivity contribution in [3.8, 4) is 0 Å². The van der Waals surface area contributed by atoms with Crippen molar-refractivity contribution in [3.05, 3.63) is 34.7 Å². The Hall–Kier alpha value is -1.35. The van der Waals surface area contributed by atoms with Gasteiger partial charge in [0.1, 0.15) is 5.82 Å². The summed E-state index contributed by atoms with van der Waals surface area (Å²) in [6.45, 7) is 7.09. The fraction of sp³-hybridized carbons (Fsp3) is 0.400. The van der Waals surface area contributed by atoms with Crippen molar-refractivity contribution in [2.75, 3.05) is 11.9 Å². The lowest BCUT2D eigenvalue weighted by Gasteiger charge is -2.14. The highest BCUT2D eigenvalue weighted by atomic mass is 35.5. The zero-order valence-corrected chi connectivity index (χ0v) is 12.2. The third kappa shape index (κ3) is 2.98. The van der Waals surface area contributed by atoms with Gasteiger partial charge < -0.3 is 5.32 Å². The van der Waals surface area contributed by atoms with E-state index in [9.17, 15) is 4.39 Å². The normalized spacial score (nSPS) is 11.3. The molecule has 0 radical (unpaired) electrons. The SMILES string of the molecule is CCCNc1cc(C(C)C)nc2cc(F)cc(Cl)c12. The lowest BCUT2D eigenvalue weighted by molar-refractivity contribution is 0.629. The predicted octanol–water partition coefficient (Wildman–Crippen LogP) is 4.97. The summed E-state index contributed by atoms with van der Waals surface area (Å²) in [5.41, 5.74) is 2.48. The van der Waals surface area contributed by atoms with E-state index in [1.54, 1.807) is 0 Å². The quantitative estimate of drug-likeness (QED) is 0.855. The highest BCUT2D eigenvalue weighted by Gasteiger charge is 2.12. The third-order valence-corrected chi connectivity index (χ3v) is 3.30. The molecule has 0 fully saturated rings. The van der Waals surface area contributed by atoms with E-state index in [0.29, 0.717) is 10.5 Å². The first-order valence-electron chi connectivity index (χ1n) is 6.56. The Labute approximate surface area is 118 Å². The van der Waals surface area contributed by atoms with Gasteiger partial charge in [-0.3, -0.25) is 4.98 Å². The van der Waals surface area contributed by atoms with E-state index in [4.69, 9.17) is 11.6 Å². The third-order valence-electron chi connectivity index (χ3n) is 3.00. The number of benzene rings is 1. The summed E-state index contributed by atoms with van der Waals surface area (Å²) in [7, 11) is 0. The molecule has 0 aliphatic heterocycles. The Morgan fingerprint density at radius 3 is 2.68 bits per heavy atom. The van der Waals surface area contributed by atoms with E-state index < -0.39 is 0 Å². The van der Waals surface area contributed by atoms with Crippen LogP contribution in [0.2, 0.25) is 5.02 Å². The summed E-state index contributed by atoms with van der Waals surface area (Å²) >= 11 is 6.16. The maximum absolute atomic E-state index is 13.5. The Balaban J connectivity index is 2.67.